The highest BCUT2D eigenvalue weighted by atomic mass is 32.1. The van der Waals surface area contributed by atoms with Crippen molar-refractivity contribution in [2.75, 3.05) is 0 Å². The molecule has 18 heavy (non-hydrogen) atoms. The van der Waals surface area contributed by atoms with E-state index in [0.717, 1.165) is 6.42 Å². The Morgan fingerprint density at radius 3 is 2.50 bits per heavy atom. The predicted octanol–water partition coefficient (Wildman–Crippen LogP) is 4.26. The lowest BCUT2D eigenvalue weighted by Crippen LogP contribution is -2.23. The van der Waals surface area contributed by atoms with Gasteiger partial charge in [-0.2, -0.15) is 0 Å². The molecule has 0 aliphatic rings. The van der Waals surface area contributed by atoms with Crippen LogP contribution in [-0.2, 0) is 0 Å². The summed E-state index contributed by atoms with van der Waals surface area (Å²) in [6, 6.07) is 12.3. The third-order valence-electron chi connectivity index (χ3n) is 3.14. The van der Waals surface area contributed by atoms with Crippen LogP contribution in [0.15, 0.2) is 41.8 Å². The summed E-state index contributed by atoms with van der Waals surface area (Å²) >= 11 is 1.79. The van der Waals surface area contributed by atoms with Crippen LogP contribution in [0.25, 0.3) is 0 Å². The summed E-state index contributed by atoms with van der Waals surface area (Å²) < 4.78 is 0. The molecule has 2 rings (SSSR count). The van der Waals surface area contributed by atoms with Crippen LogP contribution in [0.4, 0.5) is 0 Å². The minimum atomic E-state index is 0.276. The third-order valence-corrected chi connectivity index (χ3v) is 4.13. The van der Waals surface area contributed by atoms with Gasteiger partial charge in [0.15, 0.2) is 0 Å². The number of aromatic hydroxyl groups is 1. The summed E-state index contributed by atoms with van der Waals surface area (Å²) in [7, 11) is 0. The summed E-state index contributed by atoms with van der Waals surface area (Å²) in [6.07, 6.45) is 1.07. The van der Waals surface area contributed by atoms with Gasteiger partial charge in [0.25, 0.3) is 0 Å². The third kappa shape index (κ3) is 3.12. The van der Waals surface area contributed by atoms with E-state index in [1.165, 1.54) is 10.4 Å². The van der Waals surface area contributed by atoms with Crippen LogP contribution in [0.3, 0.4) is 0 Å². The van der Waals surface area contributed by atoms with Gasteiger partial charge in [-0.05, 0) is 42.5 Å². The molecule has 2 unspecified atom stereocenters. The van der Waals surface area contributed by atoms with Gasteiger partial charge in [0.05, 0.1) is 0 Å². The molecule has 0 aliphatic heterocycles. The first-order valence-corrected chi connectivity index (χ1v) is 7.17. The molecule has 1 aromatic heterocycles. The molecule has 0 saturated carbocycles. The minimum Gasteiger partial charge on any atom is -0.508 e. The van der Waals surface area contributed by atoms with Crippen molar-refractivity contribution in [1.82, 2.24) is 5.32 Å². The zero-order chi connectivity index (χ0) is 13.0. The zero-order valence-electron chi connectivity index (χ0n) is 10.8. The van der Waals surface area contributed by atoms with Gasteiger partial charge in [-0.25, -0.2) is 0 Å². The van der Waals surface area contributed by atoms with E-state index in [1.54, 1.807) is 23.5 Å². The molecular formula is C15H19NOS. The minimum absolute atomic E-state index is 0.276. The Morgan fingerprint density at radius 1 is 1.22 bits per heavy atom. The SMILES string of the molecule is CCC(NC(C)c1ccc(O)cc1)c1cccs1. The maximum Gasteiger partial charge on any atom is 0.115 e. The van der Waals surface area contributed by atoms with Crippen molar-refractivity contribution in [3.05, 3.63) is 52.2 Å². The van der Waals surface area contributed by atoms with E-state index in [-0.39, 0.29) is 6.04 Å². The average Bonchev–Trinajstić information content (AvgIpc) is 2.90. The quantitative estimate of drug-likeness (QED) is 0.843. The van der Waals surface area contributed by atoms with Crippen LogP contribution in [-0.4, -0.2) is 5.11 Å². The van der Waals surface area contributed by atoms with E-state index >= 15 is 0 Å². The number of nitrogens with one attached hydrogen (secondary N) is 1. The van der Waals surface area contributed by atoms with E-state index in [0.29, 0.717) is 11.8 Å². The molecule has 0 radical (unpaired) electrons. The number of hydrogen-bond donors (Lipinski definition) is 2. The Hall–Kier alpha value is -1.32. The number of hydrogen-bond acceptors (Lipinski definition) is 3. The van der Waals surface area contributed by atoms with Crippen molar-refractivity contribution < 1.29 is 5.11 Å². The van der Waals surface area contributed by atoms with Gasteiger partial charge in [0.2, 0.25) is 0 Å². The lowest BCUT2D eigenvalue weighted by atomic mass is 10.1. The first kappa shape index (κ1) is 13.1. The van der Waals surface area contributed by atoms with Crippen LogP contribution in [0, 0.1) is 0 Å². The number of rotatable bonds is 5. The Bertz CT molecular complexity index is 464. The van der Waals surface area contributed by atoms with Crippen molar-refractivity contribution in [2.45, 2.75) is 32.4 Å². The van der Waals surface area contributed by atoms with Gasteiger partial charge in [-0.1, -0.05) is 25.1 Å². The van der Waals surface area contributed by atoms with Crippen LogP contribution in [0.5, 0.6) is 5.75 Å². The first-order chi connectivity index (χ1) is 8.70. The van der Waals surface area contributed by atoms with Gasteiger partial charge >= 0.3 is 0 Å². The lowest BCUT2D eigenvalue weighted by Gasteiger charge is -2.21. The molecule has 3 heteroatoms. The molecule has 0 bridgehead atoms. The van der Waals surface area contributed by atoms with Crippen LogP contribution in [0.2, 0.25) is 0 Å². The van der Waals surface area contributed by atoms with Gasteiger partial charge < -0.3 is 10.4 Å². The molecule has 0 spiro atoms. The van der Waals surface area contributed by atoms with Gasteiger partial charge in [-0.15, -0.1) is 11.3 Å². The summed E-state index contributed by atoms with van der Waals surface area (Å²) in [5.74, 6) is 0.316. The molecule has 2 atom stereocenters. The molecule has 0 aliphatic carbocycles. The molecule has 0 saturated heterocycles. The monoisotopic (exact) mass is 261 g/mol. The van der Waals surface area contributed by atoms with Crippen LogP contribution in [0.1, 0.15) is 42.8 Å². The number of phenols is 1. The second-order valence-corrected chi connectivity index (χ2v) is 5.44. The maximum atomic E-state index is 9.30. The number of thiophene rings is 1. The highest BCUT2D eigenvalue weighted by molar-refractivity contribution is 7.10. The van der Waals surface area contributed by atoms with E-state index in [1.807, 2.05) is 12.1 Å². The predicted molar refractivity (Wildman–Crippen MR) is 77.0 cm³/mol. The molecule has 2 N–H and O–H groups in total. The molecule has 0 amide bonds. The highest BCUT2D eigenvalue weighted by Gasteiger charge is 2.14. The van der Waals surface area contributed by atoms with Gasteiger partial charge in [0, 0.05) is 17.0 Å². The fourth-order valence-corrected chi connectivity index (χ4v) is 2.92. The maximum absolute atomic E-state index is 9.30. The summed E-state index contributed by atoms with van der Waals surface area (Å²) in [5.41, 5.74) is 1.20. The number of phenolic OH excluding ortho intramolecular Hbond substituents is 1. The second-order valence-electron chi connectivity index (χ2n) is 4.46. The molecule has 96 valence electrons. The smallest absolute Gasteiger partial charge is 0.115 e. The Labute approximate surface area is 112 Å². The molecule has 0 fully saturated rings. The topological polar surface area (TPSA) is 32.3 Å². The van der Waals surface area contributed by atoms with Crippen molar-refractivity contribution in [1.29, 1.82) is 0 Å². The molecule has 2 aromatic rings. The van der Waals surface area contributed by atoms with E-state index < -0.39 is 0 Å². The summed E-state index contributed by atoms with van der Waals surface area (Å²) in [4.78, 5) is 1.38. The Kier molecular flexibility index (Phi) is 4.39. The molecule has 1 aromatic carbocycles. The average molecular weight is 261 g/mol. The molecular weight excluding hydrogens is 242 g/mol. The summed E-state index contributed by atoms with van der Waals surface area (Å²) in [6.45, 7) is 4.35. The van der Waals surface area contributed by atoms with Crippen molar-refractivity contribution in [2.24, 2.45) is 0 Å². The second kappa shape index (κ2) is 6.03. The standard InChI is InChI=1S/C15H19NOS/c1-3-14(15-5-4-10-18-15)16-11(2)12-6-8-13(17)9-7-12/h4-11,14,16-17H,3H2,1-2H3. The molecule has 2 nitrogen and oxygen atoms in total. The zero-order valence-corrected chi connectivity index (χ0v) is 11.6. The van der Waals surface area contributed by atoms with E-state index in [2.05, 4.69) is 36.7 Å². The fraction of sp³-hybridized carbons (Fsp3) is 0.333. The first-order valence-electron chi connectivity index (χ1n) is 6.29. The molecule has 1 heterocycles. The van der Waals surface area contributed by atoms with Crippen LogP contribution < -0.4 is 5.32 Å². The largest absolute Gasteiger partial charge is 0.508 e. The number of benzene rings is 1. The van der Waals surface area contributed by atoms with E-state index in [4.69, 9.17) is 0 Å². The van der Waals surface area contributed by atoms with E-state index in [9.17, 15) is 5.11 Å². The Morgan fingerprint density at radius 2 is 1.94 bits per heavy atom. The fourth-order valence-electron chi connectivity index (χ4n) is 2.05. The van der Waals surface area contributed by atoms with Gasteiger partial charge in [0.1, 0.15) is 5.75 Å². The highest BCUT2D eigenvalue weighted by Crippen LogP contribution is 2.26. The Balaban J connectivity index is 2.05. The van der Waals surface area contributed by atoms with Gasteiger partial charge in [-0.3, -0.25) is 0 Å². The van der Waals surface area contributed by atoms with Crippen molar-refractivity contribution >= 4 is 11.3 Å². The normalized spacial score (nSPS) is 14.3. The van der Waals surface area contributed by atoms with Crippen molar-refractivity contribution in [3.63, 3.8) is 0 Å². The lowest BCUT2D eigenvalue weighted by molar-refractivity contribution is 0.458. The summed E-state index contributed by atoms with van der Waals surface area (Å²) in [5, 5.41) is 15.0. The van der Waals surface area contributed by atoms with Crippen molar-refractivity contribution in [3.8, 4) is 5.75 Å². The van der Waals surface area contributed by atoms with Crippen LogP contribution >= 0.6 is 11.3 Å².